The van der Waals surface area contributed by atoms with E-state index in [2.05, 4.69) is 13.8 Å². The van der Waals surface area contributed by atoms with Gasteiger partial charge in [-0.3, -0.25) is 0 Å². The SMILES string of the molecule is [CH2]CC[Se]CCCCCCCCCCCC. The van der Waals surface area contributed by atoms with E-state index in [4.69, 9.17) is 0 Å². The molecule has 0 N–H and O–H groups in total. The normalized spacial score (nSPS) is 10.9. The Balaban J connectivity index is 2.83. The Bertz CT molecular complexity index is 98.0. The van der Waals surface area contributed by atoms with Crippen LogP contribution in [0.5, 0.6) is 0 Å². The van der Waals surface area contributed by atoms with Crippen LogP contribution >= 0.6 is 0 Å². The van der Waals surface area contributed by atoms with Crippen LogP contribution in [0.4, 0.5) is 0 Å². The molecule has 0 rings (SSSR count). The molecule has 0 nitrogen and oxygen atoms in total. The summed E-state index contributed by atoms with van der Waals surface area (Å²) in [6, 6.07) is 0. The van der Waals surface area contributed by atoms with Gasteiger partial charge in [-0.1, -0.05) is 0 Å². The number of hydrogen-bond donors (Lipinski definition) is 0. The molecule has 0 aliphatic carbocycles. The molecule has 0 amide bonds. The first-order chi connectivity index (χ1) is 7.91. The van der Waals surface area contributed by atoms with Crippen LogP contribution < -0.4 is 0 Å². The van der Waals surface area contributed by atoms with Crippen LogP contribution in [0, 0.1) is 6.92 Å². The number of hydrogen-bond acceptors (Lipinski definition) is 0. The average molecular weight is 290 g/mol. The van der Waals surface area contributed by atoms with E-state index in [1.54, 1.807) is 0 Å². The Morgan fingerprint density at radius 1 is 0.688 bits per heavy atom. The third-order valence-corrected chi connectivity index (χ3v) is 5.35. The van der Waals surface area contributed by atoms with Crippen LogP contribution in [0.1, 0.15) is 77.6 Å². The Labute approximate surface area is 110 Å². The van der Waals surface area contributed by atoms with Gasteiger partial charge in [-0.25, -0.2) is 0 Å². The molecule has 0 saturated carbocycles. The van der Waals surface area contributed by atoms with E-state index >= 15 is 0 Å². The maximum absolute atomic E-state index is 3.89. The fourth-order valence-corrected chi connectivity index (χ4v) is 3.61. The summed E-state index contributed by atoms with van der Waals surface area (Å²) < 4.78 is 0. The van der Waals surface area contributed by atoms with Gasteiger partial charge in [0.15, 0.2) is 0 Å². The first kappa shape index (κ1) is 16.5. The molecule has 0 unspecified atom stereocenters. The topological polar surface area (TPSA) is 0 Å². The van der Waals surface area contributed by atoms with Gasteiger partial charge in [0, 0.05) is 0 Å². The second-order valence-corrected chi connectivity index (χ2v) is 7.22. The third kappa shape index (κ3) is 14.5. The molecule has 0 fully saturated rings. The molecule has 0 spiro atoms. The van der Waals surface area contributed by atoms with Gasteiger partial charge < -0.3 is 0 Å². The van der Waals surface area contributed by atoms with Crippen LogP contribution in [-0.2, 0) is 0 Å². The van der Waals surface area contributed by atoms with Crippen LogP contribution in [0.2, 0.25) is 10.6 Å². The van der Waals surface area contributed by atoms with E-state index in [1.807, 2.05) is 0 Å². The molecule has 0 aliphatic rings. The molecule has 1 heteroatoms. The molecule has 0 aliphatic heterocycles. The second kappa shape index (κ2) is 15.5. The van der Waals surface area contributed by atoms with Gasteiger partial charge in [0.1, 0.15) is 0 Å². The molecule has 97 valence electrons. The molecular weight excluding hydrogens is 259 g/mol. The number of unbranched alkanes of at least 4 members (excludes halogenated alkanes) is 9. The monoisotopic (exact) mass is 291 g/mol. The minimum absolute atomic E-state index is 0.905. The van der Waals surface area contributed by atoms with Crippen molar-refractivity contribution in [3.05, 3.63) is 6.92 Å². The van der Waals surface area contributed by atoms with Gasteiger partial charge >= 0.3 is 110 Å². The van der Waals surface area contributed by atoms with Crippen molar-refractivity contribution in [2.45, 2.75) is 88.2 Å². The van der Waals surface area contributed by atoms with E-state index in [0.717, 1.165) is 21.4 Å². The van der Waals surface area contributed by atoms with Crippen LogP contribution in [-0.4, -0.2) is 15.0 Å². The molecular formula is C15H31Se. The Hall–Kier alpha value is 0.519. The standard InChI is InChI=1S/C15H31Se/c1-3-5-6-7-8-9-10-11-12-13-15-16-14-4-2/h2-15H2,1H3. The van der Waals surface area contributed by atoms with E-state index in [-0.39, 0.29) is 0 Å². The van der Waals surface area contributed by atoms with Crippen molar-refractivity contribution in [3.8, 4) is 0 Å². The van der Waals surface area contributed by atoms with Gasteiger partial charge in [-0.2, -0.15) is 0 Å². The van der Waals surface area contributed by atoms with Crippen molar-refractivity contribution in [1.29, 1.82) is 0 Å². The van der Waals surface area contributed by atoms with E-state index < -0.39 is 0 Å². The third-order valence-electron chi connectivity index (χ3n) is 2.93. The van der Waals surface area contributed by atoms with Gasteiger partial charge in [0.05, 0.1) is 0 Å². The van der Waals surface area contributed by atoms with E-state index in [0.29, 0.717) is 0 Å². The van der Waals surface area contributed by atoms with Crippen molar-refractivity contribution in [3.63, 3.8) is 0 Å². The summed E-state index contributed by atoms with van der Waals surface area (Å²) in [7, 11) is 0. The van der Waals surface area contributed by atoms with Crippen molar-refractivity contribution >= 4 is 15.0 Å². The minimum atomic E-state index is 0.905. The van der Waals surface area contributed by atoms with Crippen molar-refractivity contribution < 1.29 is 0 Å². The summed E-state index contributed by atoms with van der Waals surface area (Å²) in [5, 5.41) is 2.89. The first-order valence-corrected chi connectivity index (χ1v) is 9.71. The zero-order chi connectivity index (χ0) is 11.9. The van der Waals surface area contributed by atoms with Crippen molar-refractivity contribution in [2.75, 3.05) is 0 Å². The van der Waals surface area contributed by atoms with Crippen molar-refractivity contribution in [1.82, 2.24) is 0 Å². The summed E-state index contributed by atoms with van der Waals surface area (Å²) in [5.74, 6) is 0. The zero-order valence-corrected chi connectivity index (χ0v) is 13.0. The summed E-state index contributed by atoms with van der Waals surface area (Å²) in [5.41, 5.74) is 0. The molecule has 0 aromatic rings. The summed E-state index contributed by atoms with van der Waals surface area (Å²) in [6.07, 6.45) is 15.8. The summed E-state index contributed by atoms with van der Waals surface area (Å²) >= 11 is 0.905. The Morgan fingerprint density at radius 2 is 1.19 bits per heavy atom. The van der Waals surface area contributed by atoms with Crippen LogP contribution in [0.3, 0.4) is 0 Å². The predicted octanol–water partition coefficient (Wildman–Crippen LogP) is 5.67. The maximum atomic E-state index is 3.89. The molecule has 0 aromatic heterocycles. The molecule has 0 atom stereocenters. The Morgan fingerprint density at radius 3 is 1.69 bits per heavy atom. The van der Waals surface area contributed by atoms with Gasteiger partial charge in [-0.05, 0) is 0 Å². The summed E-state index contributed by atoms with van der Waals surface area (Å²) in [6.45, 7) is 6.18. The average Bonchev–Trinajstić information content (AvgIpc) is 2.31. The molecule has 0 aromatic carbocycles. The molecule has 0 heterocycles. The van der Waals surface area contributed by atoms with Crippen molar-refractivity contribution in [2.24, 2.45) is 0 Å². The first-order valence-electron chi connectivity index (χ1n) is 7.28. The predicted molar refractivity (Wildman–Crippen MR) is 77.2 cm³/mol. The quantitative estimate of drug-likeness (QED) is 0.303. The van der Waals surface area contributed by atoms with Gasteiger partial charge in [0.2, 0.25) is 0 Å². The Kier molecular flexibility index (Phi) is 16.0. The fourth-order valence-electron chi connectivity index (χ4n) is 1.90. The molecule has 0 saturated heterocycles. The zero-order valence-electron chi connectivity index (χ0n) is 11.3. The van der Waals surface area contributed by atoms with Gasteiger partial charge in [-0.15, -0.1) is 0 Å². The van der Waals surface area contributed by atoms with E-state index in [9.17, 15) is 0 Å². The summed E-state index contributed by atoms with van der Waals surface area (Å²) in [4.78, 5) is 0. The molecule has 0 bridgehead atoms. The second-order valence-electron chi connectivity index (χ2n) is 4.65. The van der Waals surface area contributed by atoms with Crippen LogP contribution in [0.25, 0.3) is 0 Å². The fraction of sp³-hybridized carbons (Fsp3) is 0.933. The molecule has 1 radical (unpaired) electrons. The number of rotatable bonds is 13. The molecule has 16 heavy (non-hydrogen) atoms. The van der Waals surface area contributed by atoms with Gasteiger partial charge in [0.25, 0.3) is 0 Å². The van der Waals surface area contributed by atoms with Crippen LogP contribution in [0.15, 0.2) is 0 Å². The van der Waals surface area contributed by atoms with E-state index in [1.165, 1.54) is 74.8 Å².